The quantitative estimate of drug-likeness (QED) is 0.800. The van der Waals surface area contributed by atoms with E-state index in [2.05, 4.69) is 10.6 Å². The van der Waals surface area contributed by atoms with E-state index in [-0.39, 0.29) is 12.3 Å². The first-order valence-corrected chi connectivity index (χ1v) is 5.07. The summed E-state index contributed by atoms with van der Waals surface area (Å²) in [5.74, 6) is -0.714. The number of alkyl halides is 1. The lowest BCUT2D eigenvalue weighted by molar-refractivity contribution is -0.119. The highest BCUT2D eigenvalue weighted by Gasteiger charge is 2.06. The molecule has 2 N–H and O–H groups in total. The number of amides is 3. The number of benzene rings is 1. The minimum absolute atomic E-state index is 0.0679. The molecule has 4 nitrogen and oxygen atoms in total. The fraction of sp³-hybridized carbons (Fsp3) is 0.200. The fourth-order valence-corrected chi connectivity index (χ4v) is 1.14. The summed E-state index contributed by atoms with van der Waals surface area (Å²) in [6, 6.07) is 4.52. The number of carbonyl (C=O) groups excluding carboxylic acids is 2. The Morgan fingerprint density at radius 2 is 1.88 bits per heavy atom. The summed E-state index contributed by atoms with van der Waals surface area (Å²) >= 11 is 5.32. The Hall–Kier alpha value is -1.62. The molecule has 0 aromatic heterocycles. The van der Waals surface area contributed by atoms with Crippen molar-refractivity contribution in [1.29, 1.82) is 0 Å². The van der Waals surface area contributed by atoms with Crippen molar-refractivity contribution < 1.29 is 14.0 Å². The summed E-state index contributed by atoms with van der Waals surface area (Å²) in [5.41, 5.74) is 0.401. The van der Waals surface area contributed by atoms with E-state index in [1.165, 1.54) is 24.3 Å². The number of carbonyl (C=O) groups is 2. The second-order valence-electron chi connectivity index (χ2n) is 2.95. The minimum Gasteiger partial charge on any atom is -0.308 e. The van der Waals surface area contributed by atoms with Crippen molar-refractivity contribution in [2.45, 2.75) is 6.42 Å². The van der Waals surface area contributed by atoms with Crippen molar-refractivity contribution in [2.75, 3.05) is 11.2 Å². The first-order chi connectivity index (χ1) is 7.61. The van der Waals surface area contributed by atoms with Gasteiger partial charge in [0.25, 0.3) is 0 Å². The Kier molecular flexibility index (Phi) is 4.72. The summed E-state index contributed by atoms with van der Waals surface area (Å²) in [5, 5.41) is 4.45. The summed E-state index contributed by atoms with van der Waals surface area (Å²) in [7, 11) is 0. The molecular formula is C10H10ClFN2O2. The Morgan fingerprint density at radius 3 is 2.44 bits per heavy atom. The number of anilines is 1. The van der Waals surface area contributed by atoms with Crippen molar-refractivity contribution in [1.82, 2.24) is 5.32 Å². The second-order valence-corrected chi connectivity index (χ2v) is 3.33. The molecule has 0 radical (unpaired) electrons. The zero-order valence-electron chi connectivity index (χ0n) is 8.30. The molecule has 0 unspecified atom stereocenters. The van der Waals surface area contributed by atoms with Crippen LogP contribution in [0.4, 0.5) is 14.9 Å². The molecule has 0 bridgehead atoms. The highest BCUT2D eigenvalue weighted by Crippen LogP contribution is 2.07. The Labute approximate surface area is 96.8 Å². The van der Waals surface area contributed by atoms with Gasteiger partial charge in [0.15, 0.2) is 0 Å². The molecule has 86 valence electrons. The third kappa shape index (κ3) is 4.27. The summed E-state index contributed by atoms with van der Waals surface area (Å²) in [6.45, 7) is 0. The molecule has 6 heteroatoms. The fourth-order valence-electron chi connectivity index (χ4n) is 0.971. The monoisotopic (exact) mass is 244 g/mol. The largest absolute Gasteiger partial charge is 0.325 e. The number of halogens is 2. The van der Waals surface area contributed by atoms with Crippen LogP contribution < -0.4 is 10.6 Å². The van der Waals surface area contributed by atoms with E-state index in [1.54, 1.807) is 0 Å². The van der Waals surface area contributed by atoms with Gasteiger partial charge in [-0.3, -0.25) is 10.1 Å². The maximum Gasteiger partial charge on any atom is 0.325 e. The van der Waals surface area contributed by atoms with Gasteiger partial charge in [-0.15, -0.1) is 11.6 Å². The van der Waals surface area contributed by atoms with Crippen LogP contribution in [0.2, 0.25) is 0 Å². The summed E-state index contributed by atoms with van der Waals surface area (Å²) in [6.07, 6.45) is 0.0679. The zero-order chi connectivity index (χ0) is 12.0. The molecule has 0 spiro atoms. The van der Waals surface area contributed by atoms with Crippen molar-refractivity contribution >= 4 is 29.2 Å². The van der Waals surface area contributed by atoms with Crippen LogP contribution in [0.15, 0.2) is 24.3 Å². The van der Waals surface area contributed by atoms with Crippen LogP contribution in [0.1, 0.15) is 6.42 Å². The van der Waals surface area contributed by atoms with E-state index in [1.807, 2.05) is 0 Å². The molecule has 3 amide bonds. The number of urea groups is 1. The van der Waals surface area contributed by atoms with Crippen molar-refractivity contribution in [3.05, 3.63) is 30.1 Å². The molecular weight excluding hydrogens is 235 g/mol. The molecule has 0 atom stereocenters. The standard InChI is InChI=1S/C10H10ClFN2O2/c11-6-5-9(15)14-10(16)13-8-3-1-7(12)2-4-8/h1-4H,5-6H2,(H2,13,14,15,16). The molecule has 1 aromatic rings. The van der Waals surface area contributed by atoms with Gasteiger partial charge in [-0.2, -0.15) is 0 Å². The van der Waals surface area contributed by atoms with Crippen molar-refractivity contribution in [3.63, 3.8) is 0 Å². The first kappa shape index (κ1) is 12.4. The van der Waals surface area contributed by atoms with E-state index in [0.717, 1.165) is 0 Å². The van der Waals surface area contributed by atoms with Crippen LogP contribution in [-0.2, 0) is 4.79 Å². The van der Waals surface area contributed by atoms with Gasteiger partial charge in [-0.05, 0) is 24.3 Å². The van der Waals surface area contributed by atoms with Crippen LogP contribution >= 0.6 is 11.6 Å². The molecule has 0 fully saturated rings. The molecule has 1 rings (SSSR count). The first-order valence-electron chi connectivity index (χ1n) is 4.54. The predicted molar refractivity (Wildman–Crippen MR) is 58.9 cm³/mol. The number of hydrogen-bond acceptors (Lipinski definition) is 2. The molecule has 1 aromatic carbocycles. The van der Waals surface area contributed by atoms with Crippen LogP contribution in [0, 0.1) is 5.82 Å². The molecule has 0 aliphatic carbocycles. The zero-order valence-corrected chi connectivity index (χ0v) is 9.05. The number of rotatable bonds is 3. The van der Waals surface area contributed by atoms with Gasteiger partial charge in [0, 0.05) is 18.0 Å². The predicted octanol–water partition coefficient (Wildman–Crippen LogP) is 2.10. The van der Waals surface area contributed by atoms with Crippen LogP contribution in [0.5, 0.6) is 0 Å². The number of imide groups is 1. The van der Waals surface area contributed by atoms with Crippen LogP contribution in [0.25, 0.3) is 0 Å². The minimum atomic E-state index is -0.665. The molecule has 0 aliphatic rings. The van der Waals surface area contributed by atoms with E-state index in [9.17, 15) is 14.0 Å². The normalized spacial score (nSPS) is 9.62. The third-order valence-corrected chi connectivity index (χ3v) is 1.87. The van der Waals surface area contributed by atoms with E-state index < -0.39 is 17.8 Å². The van der Waals surface area contributed by atoms with Gasteiger partial charge in [0.1, 0.15) is 5.82 Å². The summed E-state index contributed by atoms with van der Waals surface area (Å²) in [4.78, 5) is 22.2. The smallest absolute Gasteiger partial charge is 0.308 e. The topological polar surface area (TPSA) is 58.2 Å². The lowest BCUT2D eigenvalue weighted by Gasteiger charge is -2.05. The Balaban J connectivity index is 2.45. The van der Waals surface area contributed by atoms with Gasteiger partial charge in [-0.25, -0.2) is 9.18 Å². The lowest BCUT2D eigenvalue weighted by atomic mass is 10.3. The van der Waals surface area contributed by atoms with E-state index in [0.29, 0.717) is 5.69 Å². The maximum atomic E-state index is 12.5. The maximum absolute atomic E-state index is 12.5. The number of nitrogens with one attached hydrogen (secondary N) is 2. The average Bonchev–Trinajstić information content (AvgIpc) is 2.21. The van der Waals surface area contributed by atoms with Gasteiger partial charge in [0.05, 0.1) is 0 Å². The molecule has 16 heavy (non-hydrogen) atoms. The second kappa shape index (κ2) is 6.07. The molecule has 0 saturated carbocycles. The SMILES string of the molecule is O=C(CCCl)NC(=O)Nc1ccc(F)cc1. The highest BCUT2D eigenvalue weighted by atomic mass is 35.5. The summed E-state index contributed by atoms with van der Waals surface area (Å²) < 4.78 is 12.5. The van der Waals surface area contributed by atoms with Gasteiger partial charge < -0.3 is 5.32 Å². The lowest BCUT2D eigenvalue weighted by Crippen LogP contribution is -2.34. The van der Waals surface area contributed by atoms with Crippen LogP contribution in [0.3, 0.4) is 0 Å². The molecule has 0 saturated heterocycles. The van der Waals surface area contributed by atoms with Gasteiger partial charge >= 0.3 is 6.03 Å². The van der Waals surface area contributed by atoms with Crippen molar-refractivity contribution in [3.8, 4) is 0 Å². The van der Waals surface area contributed by atoms with Gasteiger partial charge in [-0.1, -0.05) is 0 Å². The molecule has 0 aliphatic heterocycles. The average molecular weight is 245 g/mol. The van der Waals surface area contributed by atoms with Gasteiger partial charge in [0.2, 0.25) is 5.91 Å². The van der Waals surface area contributed by atoms with E-state index in [4.69, 9.17) is 11.6 Å². The highest BCUT2D eigenvalue weighted by molar-refractivity contribution is 6.19. The van der Waals surface area contributed by atoms with Crippen LogP contribution in [-0.4, -0.2) is 17.8 Å². The van der Waals surface area contributed by atoms with E-state index >= 15 is 0 Å². The Morgan fingerprint density at radius 1 is 1.25 bits per heavy atom. The molecule has 0 heterocycles. The number of hydrogen-bond donors (Lipinski definition) is 2. The third-order valence-electron chi connectivity index (χ3n) is 1.68. The van der Waals surface area contributed by atoms with Crippen molar-refractivity contribution in [2.24, 2.45) is 0 Å². The Bertz CT molecular complexity index is 381.